The standard InChI is InChI=1S/C20H20ClF2N3O4S/c1-20(22,23)14-5-6-16(26-19(14)30-13-7-9-24-17(21)11-13)18(27)25-15(12-3-4-12)8-10-31(2,28)29/h5-12,15H,3-4H2,1-2H3,(H,25,27)/b10-8+/t15-/m1/s1. The van der Waals surface area contributed by atoms with E-state index in [1.807, 2.05) is 0 Å². The van der Waals surface area contributed by atoms with Crippen LogP contribution < -0.4 is 10.1 Å². The van der Waals surface area contributed by atoms with Crippen LogP contribution in [-0.2, 0) is 15.8 Å². The molecule has 1 amide bonds. The van der Waals surface area contributed by atoms with Gasteiger partial charge in [0.25, 0.3) is 11.8 Å². The summed E-state index contributed by atoms with van der Waals surface area (Å²) >= 11 is 5.80. The number of hydrogen-bond donors (Lipinski definition) is 1. The van der Waals surface area contributed by atoms with Crippen LogP contribution in [0.5, 0.6) is 11.6 Å². The summed E-state index contributed by atoms with van der Waals surface area (Å²) in [7, 11) is -3.36. The molecule has 0 spiro atoms. The molecule has 2 aromatic rings. The number of aromatic nitrogens is 2. The van der Waals surface area contributed by atoms with E-state index in [1.54, 1.807) is 0 Å². The fourth-order valence-electron chi connectivity index (χ4n) is 2.77. The van der Waals surface area contributed by atoms with Crippen LogP contribution in [0.3, 0.4) is 0 Å². The molecule has 0 aromatic carbocycles. The van der Waals surface area contributed by atoms with Gasteiger partial charge in [0.1, 0.15) is 16.6 Å². The first-order valence-corrected chi connectivity index (χ1v) is 11.6. The van der Waals surface area contributed by atoms with E-state index in [0.29, 0.717) is 6.92 Å². The minimum absolute atomic E-state index is 0.0983. The van der Waals surface area contributed by atoms with Crippen molar-refractivity contribution in [2.24, 2.45) is 5.92 Å². The molecule has 1 fully saturated rings. The van der Waals surface area contributed by atoms with E-state index in [4.69, 9.17) is 16.3 Å². The number of nitrogens with zero attached hydrogens (tertiary/aromatic N) is 2. The minimum Gasteiger partial charge on any atom is -0.438 e. The second kappa shape index (κ2) is 8.88. The SMILES string of the molecule is CC(F)(F)c1ccc(C(=O)N[C@H](/C=C/S(C)(=O)=O)C2CC2)nc1Oc1ccnc(Cl)c1. The van der Waals surface area contributed by atoms with Crippen molar-refractivity contribution in [3.05, 3.63) is 58.4 Å². The molecule has 11 heteroatoms. The number of carbonyl (C=O) groups is 1. The van der Waals surface area contributed by atoms with Gasteiger partial charge in [-0.2, -0.15) is 0 Å². The van der Waals surface area contributed by atoms with Gasteiger partial charge in [0.2, 0.25) is 5.88 Å². The van der Waals surface area contributed by atoms with Gasteiger partial charge >= 0.3 is 0 Å². The lowest BCUT2D eigenvalue weighted by atomic mass is 10.1. The monoisotopic (exact) mass is 471 g/mol. The molecule has 0 aliphatic heterocycles. The van der Waals surface area contributed by atoms with Gasteiger partial charge in [0.15, 0.2) is 9.84 Å². The molecule has 3 rings (SSSR count). The van der Waals surface area contributed by atoms with Gasteiger partial charge in [-0.1, -0.05) is 17.7 Å². The Morgan fingerprint density at radius 3 is 2.65 bits per heavy atom. The third-order valence-electron chi connectivity index (χ3n) is 4.44. The lowest BCUT2D eigenvalue weighted by molar-refractivity contribution is 0.0149. The van der Waals surface area contributed by atoms with Crippen LogP contribution in [-0.4, -0.2) is 36.6 Å². The average molecular weight is 472 g/mol. The first-order valence-electron chi connectivity index (χ1n) is 9.30. The van der Waals surface area contributed by atoms with Crippen molar-refractivity contribution in [2.75, 3.05) is 6.26 Å². The molecule has 2 heterocycles. The van der Waals surface area contributed by atoms with Crippen molar-refractivity contribution >= 4 is 27.3 Å². The summed E-state index contributed by atoms with van der Waals surface area (Å²) in [6, 6.07) is 4.46. The Labute approximate surface area is 183 Å². The fourth-order valence-corrected chi connectivity index (χ4v) is 3.39. The molecular weight excluding hydrogens is 452 g/mol. The Balaban J connectivity index is 1.88. The van der Waals surface area contributed by atoms with Crippen molar-refractivity contribution in [2.45, 2.75) is 31.7 Å². The molecule has 1 aliphatic rings. The van der Waals surface area contributed by atoms with Crippen LogP contribution in [0.4, 0.5) is 8.78 Å². The molecular formula is C20H20ClF2N3O4S. The molecule has 1 atom stereocenters. The molecule has 31 heavy (non-hydrogen) atoms. The number of rotatable bonds is 8. The van der Waals surface area contributed by atoms with E-state index >= 15 is 0 Å². The molecule has 0 saturated heterocycles. The first-order chi connectivity index (χ1) is 14.4. The van der Waals surface area contributed by atoms with Crippen molar-refractivity contribution in [3.8, 4) is 11.6 Å². The molecule has 166 valence electrons. The molecule has 0 bridgehead atoms. The third kappa shape index (κ3) is 6.70. The summed E-state index contributed by atoms with van der Waals surface area (Å²) in [4.78, 5) is 20.5. The number of sulfone groups is 1. The van der Waals surface area contributed by atoms with Gasteiger partial charge in [-0.15, -0.1) is 0 Å². The van der Waals surface area contributed by atoms with Crippen LogP contribution in [0.2, 0.25) is 5.15 Å². The zero-order valence-electron chi connectivity index (χ0n) is 16.7. The molecule has 1 aliphatic carbocycles. The number of alkyl halides is 2. The zero-order valence-corrected chi connectivity index (χ0v) is 18.3. The number of carbonyl (C=O) groups excluding carboxylic acids is 1. The lowest BCUT2D eigenvalue weighted by Gasteiger charge is -2.18. The average Bonchev–Trinajstić information content (AvgIpc) is 3.48. The summed E-state index contributed by atoms with van der Waals surface area (Å²) in [6.07, 6.45) is 5.48. The largest absolute Gasteiger partial charge is 0.438 e. The molecule has 2 aromatic heterocycles. The highest BCUT2D eigenvalue weighted by atomic mass is 35.5. The zero-order chi connectivity index (χ0) is 22.8. The quantitative estimate of drug-likeness (QED) is 0.582. The Kier molecular flexibility index (Phi) is 6.61. The van der Waals surface area contributed by atoms with Gasteiger partial charge in [-0.05, 0) is 37.0 Å². The van der Waals surface area contributed by atoms with Crippen LogP contribution in [0.15, 0.2) is 41.9 Å². The second-order valence-electron chi connectivity index (χ2n) is 7.35. The molecule has 0 unspecified atom stereocenters. The molecule has 1 N–H and O–H groups in total. The predicted octanol–water partition coefficient (Wildman–Crippen LogP) is 4.10. The topological polar surface area (TPSA) is 98.2 Å². The highest BCUT2D eigenvalue weighted by molar-refractivity contribution is 7.93. The van der Waals surface area contributed by atoms with Crippen molar-refractivity contribution in [1.82, 2.24) is 15.3 Å². The predicted molar refractivity (Wildman–Crippen MR) is 111 cm³/mol. The van der Waals surface area contributed by atoms with E-state index in [2.05, 4.69) is 15.3 Å². The van der Waals surface area contributed by atoms with Gasteiger partial charge in [0.05, 0.1) is 11.6 Å². The first kappa shape index (κ1) is 23.1. The molecule has 7 nitrogen and oxygen atoms in total. The third-order valence-corrected chi connectivity index (χ3v) is 5.30. The molecule has 0 radical (unpaired) electrons. The van der Waals surface area contributed by atoms with Gasteiger partial charge in [-0.25, -0.2) is 27.2 Å². The fraction of sp³-hybridized carbons (Fsp3) is 0.350. The Morgan fingerprint density at radius 1 is 1.35 bits per heavy atom. The summed E-state index contributed by atoms with van der Waals surface area (Å²) < 4.78 is 56.3. The van der Waals surface area contributed by atoms with Crippen molar-refractivity contribution < 1.29 is 26.7 Å². The minimum atomic E-state index is -3.36. The highest BCUT2D eigenvalue weighted by Crippen LogP contribution is 2.36. The number of ether oxygens (including phenoxy) is 1. The Morgan fingerprint density at radius 2 is 2.06 bits per heavy atom. The van der Waals surface area contributed by atoms with E-state index in [-0.39, 0.29) is 22.5 Å². The number of hydrogen-bond acceptors (Lipinski definition) is 6. The van der Waals surface area contributed by atoms with Crippen molar-refractivity contribution in [3.63, 3.8) is 0 Å². The Hall–Kier alpha value is -2.59. The van der Waals surface area contributed by atoms with Crippen LogP contribution >= 0.6 is 11.6 Å². The van der Waals surface area contributed by atoms with Crippen LogP contribution in [0, 0.1) is 5.92 Å². The van der Waals surface area contributed by atoms with Crippen LogP contribution in [0.25, 0.3) is 0 Å². The maximum atomic E-state index is 14.0. The van der Waals surface area contributed by atoms with E-state index in [1.165, 1.54) is 30.5 Å². The molecule has 1 saturated carbocycles. The number of amides is 1. The maximum Gasteiger partial charge on any atom is 0.275 e. The number of nitrogens with one attached hydrogen (secondary N) is 1. The van der Waals surface area contributed by atoms with Gasteiger partial charge in [0, 0.05) is 30.9 Å². The summed E-state index contributed by atoms with van der Waals surface area (Å²) in [5.41, 5.74) is -0.658. The normalized spacial score (nSPS) is 15.6. The summed E-state index contributed by atoms with van der Waals surface area (Å²) in [5.74, 6) is -4.13. The highest BCUT2D eigenvalue weighted by Gasteiger charge is 2.33. The van der Waals surface area contributed by atoms with E-state index in [0.717, 1.165) is 30.6 Å². The van der Waals surface area contributed by atoms with E-state index < -0.39 is 39.2 Å². The van der Waals surface area contributed by atoms with Gasteiger partial charge in [-0.3, -0.25) is 4.79 Å². The lowest BCUT2D eigenvalue weighted by Crippen LogP contribution is -2.35. The Bertz CT molecular complexity index is 1120. The second-order valence-corrected chi connectivity index (χ2v) is 9.67. The number of halogens is 3. The van der Waals surface area contributed by atoms with Gasteiger partial charge < -0.3 is 10.1 Å². The maximum absolute atomic E-state index is 14.0. The number of pyridine rings is 2. The van der Waals surface area contributed by atoms with Crippen molar-refractivity contribution in [1.29, 1.82) is 0 Å². The van der Waals surface area contributed by atoms with Crippen LogP contribution in [0.1, 0.15) is 35.8 Å². The summed E-state index contributed by atoms with van der Waals surface area (Å²) in [5, 5.41) is 3.83. The van der Waals surface area contributed by atoms with E-state index in [9.17, 15) is 22.0 Å². The smallest absolute Gasteiger partial charge is 0.275 e. The summed E-state index contributed by atoms with van der Waals surface area (Å²) in [6.45, 7) is 0.690.